The second-order valence-electron chi connectivity index (χ2n) is 11.7. The number of amides is 2. The number of nitrogens with two attached hydrogens (primary N) is 1. The predicted molar refractivity (Wildman–Crippen MR) is 137 cm³/mol. The monoisotopic (exact) mass is 492 g/mol. The number of aliphatic hydroxyl groups is 1. The van der Waals surface area contributed by atoms with E-state index in [1.165, 1.54) is 6.07 Å². The van der Waals surface area contributed by atoms with Crippen LogP contribution in [0.2, 0.25) is 0 Å². The first kappa shape index (κ1) is 25.7. The molecule has 3 aliphatic rings. The second kappa shape index (κ2) is 8.64. The number of nitrogens with one attached hydrogen (secondary N) is 1. The maximum Gasteiger partial charge on any atom is 0.248 e. The zero-order valence-corrected chi connectivity index (χ0v) is 21.7. The van der Waals surface area contributed by atoms with E-state index in [1.807, 2.05) is 34.6 Å². The average Bonchev–Trinajstić information content (AvgIpc) is 2.76. The van der Waals surface area contributed by atoms with Crippen molar-refractivity contribution in [1.29, 1.82) is 0 Å². The SMILES string of the molecule is C=C[C@]1(C)C(C(N)=O)=C(O)CC2CC3Cc4c(CNC(=O)C(C)(C)C)ccc(O)c4C(=O)C3=C(C)C21. The maximum absolute atomic E-state index is 13.9. The minimum absolute atomic E-state index is 0.000512. The predicted octanol–water partition coefficient (Wildman–Crippen LogP) is 4.26. The van der Waals surface area contributed by atoms with Gasteiger partial charge in [0.05, 0.1) is 11.1 Å². The van der Waals surface area contributed by atoms with Crippen molar-refractivity contribution in [2.45, 2.75) is 60.4 Å². The Hall–Kier alpha value is -3.35. The number of carbonyl (C=O) groups is 3. The first-order chi connectivity index (χ1) is 16.7. The van der Waals surface area contributed by atoms with Crippen molar-refractivity contribution < 1.29 is 24.6 Å². The summed E-state index contributed by atoms with van der Waals surface area (Å²) in [5.41, 5.74) is 7.72. The van der Waals surface area contributed by atoms with Gasteiger partial charge in [0.25, 0.3) is 0 Å². The van der Waals surface area contributed by atoms with Crippen LogP contribution in [0.4, 0.5) is 0 Å². The van der Waals surface area contributed by atoms with Crippen molar-refractivity contribution in [1.82, 2.24) is 5.32 Å². The lowest BCUT2D eigenvalue weighted by Crippen LogP contribution is -2.47. The standard InChI is InChI=1S/C29H36N2O5/c1-7-29(6)23-14(2)21-16(10-17(23)12-20(33)24(29)26(30)35)11-18-15(13-31-27(36)28(3,4)5)8-9-19(32)22(18)25(21)34/h7-9,16-17,23,32-33H,1,10-13H2,2-6H3,(H2,30,35)(H,31,36)/t16?,17?,23?,29-/m0/s1. The van der Waals surface area contributed by atoms with Gasteiger partial charge in [0, 0.05) is 29.4 Å². The normalized spacial score (nSPS) is 27.7. The van der Waals surface area contributed by atoms with Crippen LogP contribution in [0.3, 0.4) is 0 Å². The smallest absolute Gasteiger partial charge is 0.248 e. The third-order valence-corrected chi connectivity index (χ3v) is 8.39. The molecule has 7 heteroatoms. The topological polar surface area (TPSA) is 130 Å². The lowest BCUT2D eigenvalue weighted by atomic mass is 9.52. The van der Waals surface area contributed by atoms with Gasteiger partial charge in [-0.3, -0.25) is 14.4 Å². The number of Topliss-reactive ketones (excluding diaryl/α,β-unsaturated/α-hetero) is 1. The molecule has 4 atom stereocenters. The summed E-state index contributed by atoms with van der Waals surface area (Å²) < 4.78 is 0. The van der Waals surface area contributed by atoms with Crippen LogP contribution in [0, 0.1) is 28.6 Å². The summed E-state index contributed by atoms with van der Waals surface area (Å²) in [6.45, 7) is 13.5. The number of hydrogen-bond donors (Lipinski definition) is 4. The highest BCUT2D eigenvalue weighted by Crippen LogP contribution is 2.58. The van der Waals surface area contributed by atoms with Crippen molar-refractivity contribution in [3.8, 4) is 5.75 Å². The lowest BCUT2D eigenvalue weighted by molar-refractivity contribution is -0.128. The van der Waals surface area contributed by atoms with Crippen LogP contribution in [-0.2, 0) is 22.6 Å². The van der Waals surface area contributed by atoms with E-state index in [4.69, 9.17) is 5.73 Å². The Morgan fingerprint density at radius 3 is 2.50 bits per heavy atom. The van der Waals surface area contributed by atoms with Gasteiger partial charge in [0.2, 0.25) is 11.8 Å². The Morgan fingerprint density at radius 1 is 1.25 bits per heavy atom. The summed E-state index contributed by atoms with van der Waals surface area (Å²) in [6, 6.07) is 3.28. The fourth-order valence-electron chi connectivity index (χ4n) is 6.76. The summed E-state index contributed by atoms with van der Waals surface area (Å²) in [7, 11) is 0. The molecule has 192 valence electrons. The van der Waals surface area contributed by atoms with E-state index in [2.05, 4.69) is 11.9 Å². The molecule has 0 radical (unpaired) electrons. The number of allylic oxidation sites excluding steroid dienone is 4. The number of benzene rings is 1. The largest absolute Gasteiger partial charge is 0.512 e. The molecule has 0 spiro atoms. The number of hydrogen-bond acceptors (Lipinski definition) is 5. The van der Waals surface area contributed by atoms with Crippen molar-refractivity contribution in [3.05, 3.63) is 64.0 Å². The first-order valence-corrected chi connectivity index (χ1v) is 12.5. The molecule has 36 heavy (non-hydrogen) atoms. The summed E-state index contributed by atoms with van der Waals surface area (Å²) in [6.07, 6.45) is 3.15. The Labute approximate surface area is 212 Å². The fourth-order valence-corrected chi connectivity index (χ4v) is 6.76. The molecule has 5 N–H and O–H groups in total. The molecular weight excluding hydrogens is 456 g/mol. The van der Waals surface area contributed by atoms with E-state index in [-0.39, 0.29) is 58.6 Å². The van der Waals surface area contributed by atoms with Crippen molar-refractivity contribution >= 4 is 17.6 Å². The quantitative estimate of drug-likeness (QED) is 0.467. The van der Waals surface area contributed by atoms with E-state index in [9.17, 15) is 24.6 Å². The molecule has 3 unspecified atom stereocenters. The molecule has 2 amide bonds. The number of rotatable bonds is 4. The van der Waals surface area contributed by atoms with Gasteiger partial charge in [-0.25, -0.2) is 0 Å². The number of fused-ring (bicyclic) bond motifs is 3. The van der Waals surface area contributed by atoms with Gasteiger partial charge in [0.15, 0.2) is 5.78 Å². The van der Waals surface area contributed by atoms with Gasteiger partial charge in [-0.2, -0.15) is 0 Å². The number of aromatic hydroxyl groups is 1. The summed E-state index contributed by atoms with van der Waals surface area (Å²) in [5, 5.41) is 24.4. The molecule has 0 fully saturated rings. The molecule has 0 heterocycles. The first-order valence-electron chi connectivity index (χ1n) is 12.5. The highest BCUT2D eigenvalue weighted by molar-refractivity contribution is 6.13. The Balaban J connectivity index is 1.79. The molecular formula is C29H36N2O5. The molecule has 1 aromatic rings. The zero-order valence-electron chi connectivity index (χ0n) is 21.7. The summed E-state index contributed by atoms with van der Waals surface area (Å²) >= 11 is 0. The van der Waals surface area contributed by atoms with Crippen LogP contribution >= 0.6 is 0 Å². The molecule has 7 nitrogen and oxygen atoms in total. The van der Waals surface area contributed by atoms with Crippen LogP contribution in [0.25, 0.3) is 0 Å². The number of primary amides is 1. The van der Waals surface area contributed by atoms with Gasteiger partial charge in [-0.1, -0.05) is 45.4 Å². The molecule has 1 aromatic carbocycles. The number of phenols is 1. The highest BCUT2D eigenvalue weighted by Gasteiger charge is 2.53. The van der Waals surface area contributed by atoms with Crippen molar-refractivity contribution in [2.75, 3.05) is 0 Å². The Kier molecular flexibility index (Phi) is 6.18. The number of phenolic OH excluding ortho intramolecular Hbond substituents is 1. The summed E-state index contributed by atoms with van der Waals surface area (Å²) in [4.78, 5) is 38.7. The van der Waals surface area contributed by atoms with Crippen LogP contribution < -0.4 is 11.1 Å². The number of carbonyl (C=O) groups excluding carboxylic acids is 3. The third-order valence-electron chi connectivity index (χ3n) is 8.39. The minimum Gasteiger partial charge on any atom is -0.512 e. The molecule has 4 rings (SSSR count). The molecule has 3 aliphatic carbocycles. The number of aliphatic hydroxyl groups excluding tert-OH is 1. The molecule has 0 aromatic heterocycles. The van der Waals surface area contributed by atoms with Crippen LogP contribution in [0.5, 0.6) is 5.75 Å². The van der Waals surface area contributed by atoms with Gasteiger partial charge < -0.3 is 21.3 Å². The lowest BCUT2D eigenvalue weighted by Gasteiger charge is -2.50. The third kappa shape index (κ3) is 3.85. The van der Waals surface area contributed by atoms with Gasteiger partial charge in [-0.05, 0) is 54.7 Å². The molecule has 0 saturated carbocycles. The maximum atomic E-state index is 13.9. The van der Waals surface area contributed by atoms with Crippen LogP contribution in [-0.4, -0.2) is 27.8 Å². The summed E-state index contributed by atoms with van der Waals surface area (Å²) in [5.74, 6) is -1.40. The van der Waals surface area contributed by atoms with Gasteiger partial charge >= 0.3 is 0 Å². The van der Waals surface area contributed by atoms with Crippen LogP contribution in [0.15, 0.2) is 47.3 Å². The van der Waals surface area contributed by atoms with Crippen molar-refractivity contribution in [2.24, 2.45) is 34.3 Å². The average molecular weight is 493 g/mol. The second-order valence-corrected chi connectivity index (χ2v) is 11.7. The van der Waals surface area contributed by atoms with E-state index in [0.29, 0.717) is 24.8 Å². The van der Waals surface area contributed by atoms with E-state index in [1.54, 1.807) is 12.1 Å². The van der Waals surface area contributed by atoms with Crippen molar-refractivity contribution in [3.63, 3.8) is 0 Å². The molecule has 0 aliphatic heterocycles. The highest BCUT2D eigenvalue weighted by atomic mass is 16.3. The van der Waals surface area contributed by atoms with Crippen LogP contribution in [0.1, 0.15) is 68.9 Å². The zero-order chi connectivity index (χ0) is 26.7. The Bertz CT molecular complexity index is 1250. The number of ketones is 1. The van der Waals surface area contributed by atoms with Gasteiger partial charge in [0.1, 0.15) is 11.5 Å². The molecule has 0 saturated heterocycles. The molecule has 0 bridgehead atoms. The van der Waals surface area contributed by atoms with E-state index < -0.39 is 16.7 Å². The van der Waals surface area contributed by atoms with E-state index >= 15 is 0 Å². The minimum atomic E-state index is -0.914. The Morgan fingerprint density at radius 2 is 1.92 bits per heavy atom. The van der Waals surface area contributed by atoms with E-state index in [0.717, 1.165) is 16.7 Å². The fraction of sp³-hybridized carbons (Fsp3) is 0.483. The van der Waals surface area contributed by atoms with Gasteiger partial charge in [-0.15, -0.1) is 6.58 Å².